The van der Waals surface area contributed by atoms with E-state index in [1.54, 1.807) is 4.90 Å². The second-order valence-electron chi connectivity index (χ2n) is 4.40. The Labute approximate surface area is 113 Å². The number of amides is 1. The van der Waals surface area contributed by atoms with E-state index in [1.807, 2.05) is 0 Å². The third kappa shape index (κ3) is 2.72. The van der Waals surface area contributed by atoms with Crippen LogP contribution in [0.5, 0.6) is 0 Å². The molecule has 18 heavy (non-hydrogen) atoms. The normalized spacial score (nSPS) is 19.2. The Morgan fingerprint density at radius 2 is 2.39 bits per heavy atom. The lowest BCUT2D eigenvalue weighted by atomic mass is 10.1. The van der Waals surface area contributed by atoms with E-state index in [0.717, 1.165) is 31.3 Å². The molecular formula is C11H14BrN3O3. The maximum atomic E-state index is 12.1. The van der Waals surface area contributed by atoms with Gasteiger partial charge in [-0.3, -0.25) is 4.79 Å². The number of nitrogens with one attached hydrogen (secondary N) is 1. The summed E-state index contributed by atoms with van der Waals surface area (Å²) in [5, 5.41) is 11.5. The summed E-state index contributed by atoms with van der Waals surface area (Å²) in [6.45, 7) is 1.46. The van der Waals surface area contributed by atoms with Crippen LogP contribution in [0.3, 0.4) is 0 Å². The fourth-order valence-corrected chi connectivity index (χ4v) is 2.84. The molecule has 0 aliphatic carbocycles. The van der Waals surface area contributed by atoms with E-state index in [4.69, 9.17) is 0 Å². The molecule has 1 fully saturated rings. The van der Waals surface area contributed by atoms with Gasteiger partial charge >= 0.3 is 5.82 Å². The van der Waals surface area contributed by atoms with Crippen LogP contribution in [0.25, 0.3) is 0 Å². The summed E-state index contributed by atoms with van der Waals surface area (Å²) in [5.74, 6) is 0.230. The van der Waals surface area contributed by atoms with E-state index in [9.17, 15) is 14.9 Å². The first kappa shape index (κ1) is 13.1. The summed E-state index contributed by atoms with van der Waals surface area (Å²) in [6.07, 6.45) is 2.05. The van der Waals surface area contributed by atoms with Crippen molar-refractivity contribution in [3.63, 3.8) is 0 Å². The molecule has 1 amide bonds. The third-order valence-corrected chi connectivity index (χ3v) is 3.65. The lowest BCUT2D eigenvalue weighted by Gasteiger charge is -2.14. The van der Waals surface area contributed by atoms with E-state index < -0.39 is 4.92 Å². The number of halogens is 1. The van der Waals surface area contributed by atoms with Crippen LogP contribution in [0.15, 0.2) is 12.1 Å². The SMILES string of the molecule is O=C(c1ccc([N+](=O)[O-])[nH]1)N1CCC(CCBr)C1. The molecule has 6 nitrogen and oxygen atoms in total. The van der Waals surface area contributed by atoms with Gasteiger partial charge in [0.25, 0.3) is 5.91 Å². The number of nitro groups is 1. The number of hydrogen-bond donors (Lipinski definition) is 1. The number of aromatic amines is 1. The molecule has 2 heterocycles. The van der Waals surface area contributed by atoms with Crippen LogP contribution in [0.2, 0.25) is 0 Å². The van der Waals surface area contributed by atoms with E-state index in [0.29, 0.717) is 11.6 Å². The number of nitrogens with zero attached hydrogens (tertiary/aromatic N) is 2. The highest BCUT2D eigenvalue weighted by molar-refractivity contribution is 9.09. The zero-order valence-corrected chi connectivity index (χ0v) is 11.4. The van der Waals surface area contributed by atoms with Gasteiger partial charge in [-0.2, -0.15) is 0 Å². The molecule has 1 aromatic rings. The summed E-state index contributed by atoms with van der Waals surface area (Å²) in [5.41, 5.74) is 0.293. The van der Waals surface area contributed by atoms with E-state index in [-0.39, 0.29) is 11.7 Å². The number of carbonyl (C=O) groups excluding carboxylic acids is 1. The molecule has 1 aliphatic heterocycles. The lowest BCUT2D eigenvalue weighted by molar-refractivity contribution is -0.389. The van der Waals surface area contributed by atoms with Gasteiger partial charge in [-0.25, -0.2) is 4.98 Å². The van der Waals surface area contributed by atoms with Gasteiger partial charge in [-0.1, -0.05) is 15.9 Å². The Hall–Kier alpha value is -1.37. The smallest absolute Gasteiger partial charge is 0.321 e. The zero-order chi connectivity index (χ0) is 13.1. The van der Waals surface area contributed by atoms with Gasteiger partial charge in [0.2, 0.25) is 0 Å². The van der Waals surface area contributed by atoms with Gasteiger partial charge in [0, 0.05) is 24.5 Å². The zero-order valence-electron chi connectivity index (χ0n) is 9.76. The van der Waals surface area contributed by atoms with Crippen molar-refractivity contribution in [3.8, 4) is 0 Å². The minimum Gasteiger partial charge on any atom is -0.358 e. The first-order valence-electron chi connectivity index (χ1n) is 5.80. The summed E-state index contributed by atoms with van der Waals surface area (Å²) in [6, 6.07) is 2.79. The lowest BCUT2D eigenvalue weighted by Crippen LogP contribution is -2.29. The van der Waals surface area contributed by atoms with Crippen molar-refractivity contribution in [3.05, 3.63) is 27.9 Å². The minimum atomic E-state index is -0.533. The monoisotopic (exact) mass is 315 g/mol. The number of rotatable bonds is 4. The molecule has 0 aromatic carbocycles. The average Bonchev–Trinajstić information content (AvgIpc) is 2.97. The van der Waals surface area contributed by atoms with Gasteiger partial charge in [0.15, 0.2) is 5.69 Å². The van der Waals surface area contributed by atoms with Crippen molar-refractivity contribution >= 4 is 27.7 Å². The van der Waals surface area contributed by atoms with E-state index in [2.05, 4.69) is 20.9 Å². The highest BCUT2D eigenvalue weighted by atomic mass is 79.9. The molecule has 1 atom stereocenters. The van der Waals surface area contributed by atoms with Crippen molar-refractivity contribution in [2.45, 2.75) is 12.8 Å². The van der Waals surface area contributed by atoms with Crippen LogP contribution in [-0.4, -0.2) is 39.1 Å². The number of hydrogen-bond acceptors (Lipinski definition) is 3. The second kappa shape index (κ2) is 5.51. The summed E-state index contributed by atoms with van der Waals surface area (Å²) in [7, 11) is 0. The summed E-state index contributed by atoms with van der Waals surface area (Å²) >= 11 is 3.40. The average molecular weight is 316 g/mol. The van der Waals surface area contributed by atoms with Crippen molar-refractivity contribution in [2.75, 3.05) is 18.4 Å². The van der Waals surface area contributed by atoms with E-state index >= 15 is 0 Å². The molecule has 0 radical (unpaired) electrons. The molecule has 1 saturated heterocycles. The van der Waals surface area contributed by atoms with Crippen LogP contribution in [0.4, 0.5) is 5.82 Å². The van der Waals surface area contributed by atoms with Gasteiger partial charge in [-0.15, -0.1) is 0 Å². The molecule has 1 aromatic heterocycles. The van der Waals surface area contributed by atoms with Gasteiger partial charge in [0.1, 0.15) is 0 Å². The van der Waals surface area contributed by atoms with Crippen molar-refractivity contribution in [2.24, 2.45) is 5.92 Å². The molecule has 0 spiro atoms. The maximum absolute atomic E-state index is 12.1. The molecule has 98 valence electrons. The number of likely N-dealkylation sites (tertiary alicyclic amines) is 1. The predicted octanol–water partition coefficient (Wildman–Crippen LogP) is 2.17. The Bertz CT molecular complexity index is 460. The molecule has 1 unspecified atom stereocenters. The standard InChI is InChI=1S/C11H14BrN3O3/c12-5-3-8-4-6-14(7-8)11(16)9-1-2-10(13-9)15(17)18/h1-2,8,13H,3-7H2. The minimum absolute atomic E-state index is 0.144. The van der Waals surface area contributed by atoms with Crippen LogP contribution in [0.1, 0.15) is 23.3 Å². The number of aromatic nitrogens is 1. The van der Waals surface area contributed by atoms with Crippen LogP contribution >= 0.6 is 15.9 Å². The Kier molecular flexibility index (Phi) is 4.00. The number of alkyl halides is 1. The molecule has 0 saturated carbocycles. The van der Waals surface area contributed by atoms with Crippen LogP contribution in [0, 0.1) is 16.0 Å². The molecular weight excluding hydrogens is 302 g/mol. The highest BCUT2D eigenvalue weighted by Gasteiger charge is 2.28. The molecule has 1 N–H and O–H groups in total. The van der Waals surface area contributed by atoms with Gasteiger partial charge in [0.05, 0.1) is 0 Å². The van der Waals surface area contributed by atoms with Gasteiger partial charge in [-0.05, 0) is 29.7 Å². The fraction of sp³-hybridized carbons (Fsp3) is 0.545. The fourth-order valence-electron chi connectivity index (χ4n) is 2.19. The van der Waals surface area contributed by atoms with E-state index in [1.165, 1.54) is 12.1 Å². The second-order valence-corrected chi connectivity index (χ2v) is 5.19. The highest BCUT2D eigenvalue weighted by Crippen LogP contribution is 2.22. The van der Waals surface area contributed by atoms with Crippen molar-refractivity contribution in [1.29, 1.82) is 0 Å². The van der Waals surface area contributed by atoms with Crippen LogP contribution in [-0.2, 0) is 0 Å². The topological polar surface area (TPSA) is 79.2 Å². The quantitative estimate of drug-likeness (QED) is 0.525. The predicted molar refractivity (Wildman–Crippen MR) is 69.9 cm³/mol. The first-order valence-corrected chi connectivity index (χ1v) is 6.92. The van der Waals surface area contributed by atoms with Crippen LogP contribution < -0.4 is 0 Å². The number of H-pyrrole nitrogens is 1. The summed E-state index contributed by atoms with van der Waals surface area (Å²) in [4.78, 5) is 26.4. The van der Waals surface area contributed by atoms with Crippen molar-refractivity contribution < 1.29 is 9.72 Å². The largest absolute Gasteiger partial charge is 0.358 e. The maximum Gasteiger partial charge on any atom is 0.321 e. The Morgan fingerprint density at radius 3 is 3.00 bits per heavy atom. The summed E-state index contributed by atoms with van der Waals surface area (Å²) < 4.78 is 0. The Morgan fingerprint density at radius 1 is 1.61 bits per heavy atom. The molecule has 1 aliphatic rings. The molecule has 2 rings (SSSR count). The molecule has 7 heteroatoms. The first-order chi connectivity index (χ1) is 8.61. The molecule has 0 bridgehead atoms. The Balaban J connectivity index is 2.01. The van der Waals surface area contributed by atoms with Crippen molar-refractivity contribution in [1.82, 2.24) is 9.88 Å². The third-order valence-electron chi connectivity index (χ3n) is 3.19. The van der Waals surface area contributed by atoms with Gasteiger partial charge < -0.3 is 15.0 Å². The number of carbonyl (C=O) groups is 1.